The minimum Gasteiger partial charge on any atom is -0.444 e. The van der Waals surface area contributed by atoms with Crippen molar-refractivity contribution in [3.63, 3.8) is 0 Å². The third-order valence-electron chi connectivity index (χ3n) is 3.65. The molecule has 0 spiro atoms. The van der Waals surface area contributed by atoms with Crippen LogP contribution >= 0.6 is 0 Å². The summed E-state index contributed by atoms with van der Waals surface area (Å²) in [6.07, 6.45) is 0.400. The molecule has 4 heteroatoms. The predicted octanol–water partition coefficient (Wildman–Crippen LogP) is 4.45. The van der Waals surface area contributed by atoms with Crippen LogP contribution in [0.2, 0.25) is 0 Å². The number of carbonyl (C=O) groups is 1. The minimum atomic E-state index is -0.543. The van der Waals surface area contributed by atoms with Gasteiger partial charge < -0.3 is 9.64 Å². The second-order valence-electron chi connectivity index (χ2n) is 7.01. The molecule has 0 N–H and O–H groups in total. The lowest BCUT2D eigenvalue weighted by molar-refractivity contribution is 0.0218. The highest BCUT2D eigenvalue weighted by Crippen LogP contribution is 2.37. The number of hydrogen-bond donors (Lipinski definition) is 0. The molecule has 0 unspecified atom stereocenters. The summed E-state index contributed by atoms with van der Waals surface area (Å²) < 4.78 is 19.6. The van der Waals surface area contributed by atoms with Gasteiger partial charge in [0.25, 0.3) is 0 Å². The van der Waals surface area contributed by atoms with Crippen LogP contribution in [-0.2, 0) is 4.74 Å². The quantitative estimate of drug-likeness (QED) is 0.765. The first-order valence-electron chi connectivity index (χ1n) is 7.43. The molecule has 1 fully saturated rings. The van der Waals surface area contributed by atoms with Crippen LogP contribution in [0.1, 0.15) is 51.3 Å². The number of benzene rings is 1. The fourth-order valence-electron chi connectivity index (χ4n) is 2.78. The largest absolute Gasteiger partial charge is 0.444 e. The second kappa shape index (κ2) is 5.66. The van der Waals surface area contributed by atoms with E-state index in [1.807, 2.05) is 33.8 Å². The van der Waals surface area contributed by atoms with Gasteiger partial charge in [-0.05, 0) is 46.1 Å². The lowest BCUT2D eigenvalue weighted by Crippen LogP contribution is -2.37. The van der Waals surface area contributed by atoms with Gasteiger partial charge in [-0.2, -0.15) is 0 Å². The molecule has 2 rings (SSSR count). The molecule has 1 aliphatic heterocycles. The summed E-state index contributed by atoms with van der Waals surface area (Å²) in [5, 5.41) is 0. The Bertz CT molecular complexity index is 536. The van der Waals surface area contributed by atoms with Crippen molar-refractivity contribution >= 4 is 6.09 Å². The van der Waals surface area contributed by atoms with Crippen LogP contribution < -0.4 is 0 Å². The molecule has 0 radical (unpaired) electrons. The number of ether oxygens (including phenoxy) is 1. The highest BCUT2D eigenvalue weighted by atomic mass is 19.1. The van der Waals surface area contributed by atoms with Gasteiger partial charge in [0.15, 0.2) is 0 Å². The van der Waals surface area contributed by atoms with Crippen LogP contribution in [0.4, 0.5) is 9.18 Å². The Balaban J connectivity index is 2.28. The first-order chi connectivity index (χ1) is 9.67. The molecule has 1 aromatic rings. The molecule has 1 saturated heterocycles. The fraction of sp³-hybridized carbons (Fsp3) is 0.588. The Morgan fingerprint density at radius 1 is 1.38 bits per heavy atom. The molecule has 0 saturated carbocycles. The van der Waals surface area contributed by atoms with Crippen LogP contribution in [0.15, 0.2) is 18.2 Å². The SMILES string of the molecule is Cc1ccc(F)c([C@H]2C[C@H](C)CN2C(=O)OC(C)(C)C)c1. The zero-order valence-electron chi connectivity index (χ0n) is 13.4. The van der Waals surface area contributed by atoms with Gasteiger partial charge in [-0.3, -0.25) is 0 Å². The molecule has 1 aliphatic rings. The molecular weight excluding hydrogens is 269 g/mol. The lowest BCUT2D eigenvalue weighted by atomic mass is 9.99. The van der Waals surface area contributed by atoms with E-state index >= 15 is 0 Å². The van der Waals surface area contributed by atoms with Crippen LogP contribution in [0.5, 0.6) is 0 Å². The molecule has 1 aromatic carbocycles. The van der Waals surface area contributed by atoms with Crippen molar-refractivity contribution in [3.05, 3.63) is 35.1 Å². The van der Waals surface area contributed by atoms with Crippen LogP contribution in [0, 0.1) is 18.7 Å². The highest BCUT2D eigenvalue weighted by Gasteiger charge is 2.37. The average molecular weight is 293 g/mol. The number of halogens is 1. The predicted molar refractivity (Wildman–Crippen MR) is 80.6 cm³/mol. The zero-order chi connectivity index (χ0) is 15.8. The summed E-state index contributed by atoms with van der Waals surface area (Å²) in [4.78, 5) is 14.0. The van der Waals surface area contributed by atoms with Crippen molar-refractivity contribution in [1.82, 2.24) is 4.90 Å². The monoisotopic (exact) mass is 293 g/mol. The highest BCUT2D eigenvalue weighted by molar-refractivity contribution is 5.69. The van der Waals surface area contributed by atoms with Gasteiger partial charge in [-0.15, -0.1) is 0 Å². The van der Waals surface area contributed by atoms with Gasteiger partial charge in [0.05, 0.1) is 6.04 Å². The molecule has 0 bridgehead atoms. The van der Waals surface area contributed by atoms with E-state index in [0.717, 1.165) is 12.0 Å². The second-order valence-corrected chi connectivity index (χ2v) is 7.01. The van der Waals surface area contributed by atoms with E-state index in [4.69, 9.17) is 4.74 Å². The number of rotatable bonds is 1. The standard InChI is InChI=1S/C17H24FNO2/c1-11-6-7-14(18)13(8-11)15-9-12(2)10-19(15)16(20)21-17(3,4)5/h6-8,12,15H,9-10H2,1-5H3/t12-,15+/m0/s1. The smallest absolute Gasteiger partial charge is 0.410 e. The van der Waals surface area contributed by atoms with Crippen LogP contribution in [-0.4, -0.2) is 23.1 Å². The maximum Gasteiger partial charge on any atom is 0.410 e. The average Bonchev–Trinajstić information content (AvgIpc) is 2.72. The number of likely N-dealkylation sites (tertiary alicyclic amines) is 1. The van der Waals surface area contributed by atoms with E-state index in [9.17, 15) is 9.18 Å². The summed E-state index contributed by atoms with van der Waals surface area (Å²) in [5.74, 6) is 0.0793. The van der Waals surface area contributed by atoms with Gasteiger partial charge in [-0.1, -0.05) is 24.6 Å². The molecule has 21 heavy (non-hydrogen) atoms. The maximum absolute atomic E-state index is 14.1. The Labute approximate surface area is 126 Å². The summed E-state index contributed by atoms with van der Waals surface area (Å²) in [6, 6.07) is 4.81. The molecule has 0 aromatic heterocycles. The number of hydrogen-bond acceptors (Lipinski definition) is 2. The Morgan fingerprint density at radius 3 is 2.67 bits per heavy atom. The summed E-state index contributed by atoms with van der Waals surface area (Å²) in [5.41, 5.74) is 1.04. The van der Waals surface area contributed by atoms with Crippen molar-refractivity contribution in [1.29, 1.82) is 0 Å². The first-order valence-corrected chi connectivity index (χ1v) is 7.43. The molecular formula is C17H24FNO2. The number of nitrogens with zero attached hydrogens (tertiary/aromatic N) is 1. The summed E-state index contributed by atoms with van der Waals surface area (Å²) in [6.45, 7) is 10.1. The van der Waals surface area contributed by atoms with Gasteiger partial charge in [0.1, 0.15) is 11.4 Å². The van der Waals surface area contributed by atoms with Crippen molar-refractivity contribution in [2.75, 3.05) is 6.54 Å². The van der Waals surface area contributed by atoms with E-state index < -0.39 is 5.60 Å². The zero-order valence-corrected chi connectivity index (χ0v) is 13.4. The van der Waals surface area contributed by atoms with Crippen molar-refractivity contribution in [2.24, 2.45) is 5.92 Å². The van der Waals surface area contributed by atoms with E-state index in [1.54, 1.807) is 11.0 Å². The first kappa shape index (κ1) is 15.8. The summed E-state index contributed by atoms with van der Waals surface area (Å²) >= 11 is 0. The fourth-order valence-corrected chi connectivity index (χ4v) is 2.78. The van der Waals surface area contributed by atoms with Gasteiger partial charge in [0.2, 0.25) is 0 Å². The Morgan fingerprint density at radius 2 is 2.05 bits per heavy atom. The van der Waals surface area contributed by atoms with Crippen molar-refractivity contribution in [2.45, 2.75) is 52.7 Å². The van der Waals surface area contributed by atoms with Gasteiger partial charge in [-0.25, -0.2) is 9.18 Å². The summed E-state index contributed by atoms with van der Waals surface area (Å²) in [7, 11) is 0. The Kier molecular flexibility index (Phi) is 4.26. The number of amides is 1. The topological polar surface area (TPSA) is 29.5 Å². The lowest BCUT2D eigenvalue weighted by Gasteiger charge is -2.29. The van der Waals surface area contributed by atoms with Crippen LogP contribution in [0.3, 0.4) is 0 Å². The van der Waals surface area contributed by atoms with Crippen molar-refractivity contribution < 1.29 is 13.9 Å². The molecule has 1 amide bonds. The molecule has 0 aliphatic carbocycles. The molecule has 116 valence electrons. The van der Waals surface area contributed by atoms with Gasteiger partial charge in [0, 0.05) is 12.1 Å². The normalized spacial score (nSPS) is 22.5. The molecule has 1 heterocycles. The Hall–Kier alpha value is -1.58. The van der Waals surface area contributed by atoms with E-state index in [1.165, 1.54) is 6.07 Å². The van der Waals surface area contributed by atoms with E-state index in [2.05, 4.69) is 6.92 Å². The minimum absolute atomic E-state index is 0.241. The van der Waals surface area contributed by atoms with Crippen LogP contribution in [0.25, 0.3) is 0 Å². The molecule has 3 nitrogen and oxygen atoms in total. The van der Waals surface area contributed by atoms with Crippen molar-refractivity contribution in [3.8, 4) is 0 Å². The number of aryl methyl sites for hydroxylation is 1. The van der Waals surface area contributed by atoms with E-state index in [0.29, 0.717) is 18.0 Å². The maximum atomic E-state index is 14.1. The molecule has 2 atom stereocenters. The van der Waals surface area contributed by atoms with E-state index in [-0.39, 0.29) is 18.0 Å². The third kappa shape index (κ3) is 3.74. The van der Waals surface area contributed by atoms with Gasteiger partial charge >= 0.3 is 6.09 Å². The third-order valence-corrected chi connectivity index (χ3v) is 3.65. The number of carbonyl (C=O) groups excluding carboxylic acids is 1.